The third-order valence-electron chi connectivity index (χ3n) is 9.91. The predicted molar refractivity (Wildman–Crippen MR) is 223 cm³/mol. The third kappa shape index (κ3) is 16.4. The van der Waals surface area contributed by atoms with Gasteiger partial charge in [0.15, 0.2) is 0 Å². The quantitative estimate of drug-likeness (QED) is 0.0838. The fourth-order valence-electron chi connectivity index (χ4n) is 6.29. The summed E-state index contributed by atoms with van der Waals surface area (Å²) < 4.78 is 0. The summed E-state index contributed by atoms with van der Waals surface area (Å²) in [4.78, 5) is 76.9. The van der Waals surface area contributed by atoms with Gasteiger partial charge < -0.3 is 41.7 Å². The maximum Gasteiger partial charge on any atom is 0.246 e. The molecule has 2 aliphatic heterocycles. The highest BCUT2D eigenvalue weighted by Crippen LogP contribution is 2.20. The van der Waals surface area contributed by atoms with E-state index in [1.165, 1.54) is 0 Å². The van der Waals surface area contributed by atoms with Crippen LogP contribution in [0.25, 0.3) is 0 Å². The Labute approximate surface area is 339 Å². The van der Waals surface area contributed by atoms with Gasteiger partial charge in [-0.1, -0.05) is 48.6 Å². The van der Waals surface area contributed by atoms with Gasteiger partial charge >= 0.3 is 0 Å². The lowest BCUT2D eigenvalue weighted by Crippen LogP contribution is -2.55. The zero-order valence-corrected chi connectivity index (χ0v) is 34.4. The van der Waals surface area contributed by atoms with Gasteiger partial charge in [0.1, 0.15) is 18.1 Å². The first kappa shape index (κ1) is 47.9. The van der Waals surface area contributed by atoms with Crippen molar-refractivity contribution in [2.75, 3.05) is 33.7 Å². The monoisotopic (exact) mass is 788 g/mol. The van der Waals surface area contributed by atoms with Gasteiger partial charge in [-0.3, -0.25) is 28.8 Å². The van der Waals surface area contributed by atoms with Crippen LogP contribution in [0.4, 0.5) is 0 Å². The van der Waals surface area contributed by atoms with E-state index in [2.05, 4.69) is 75.1 Å². The van der Waals surface area contributed by atoms with Crippen molar-refractivity contribution in [2.24, 2.45) is 0 Å². The number of nitrogens with one attached hydrogen (secondary N) is 6. The molecule has 6 amide bonds. The topological polar surface area (TPSA) is 181 Å². The van der Waals surface area contributed by atoms with E-state index in [0.717, 1.165) is 43.2 Å². The number of carbonyl (C=O) groups excluding carboxylic acids is 6. The van der Waals surface area contributed by atoms with Crippen LogP contribution < -0.4 is 31.9 Å². The van der Waals surface area contributed by atoms with Crippen LogP contribution in [0.2, 0.25) is 0 Å². The molecular formula is C43H64N8O6. The first-order valence-electron chi connectivity index (χ1n) is 19.9. The normalized spacial score (nSPS) is 18.9. The van der Waals surface area contributed by atoms with Crippen LogP contribution in [0.5, 0.6) is 0 Å². The summed E-state index contributed by atoms with van der Waals surface area (Å²) in [6, 6.07) is 6.87. The molecule has 6 unspecified atom stereocenters. The summed E-state index contributed by atoms with van der Waals surface area (Å²) in [5, 5.41) is 17.3. The van der Waals surface area contributed by atoms with Crippen molar-refractivity contribution in [2.45, 2.75) is 115 Å². The fraction of sp³-hybridized carbons (Fsp3) is 0.535. The molecule has 2 saturated heterocycles. The van der Waals surface area contributed by atoms with Gasteiger partial charge in [0.2, 0.25) is 35.9 Å². The number of hydrogen-bond donors (Lipinski definition) is 6. The molecule has 2 fully saturated rings. The summed E-state index contributed by atoms with van der Waals surface area (Å²) in [5.74, 6) is 5.00. The van der Waals surface area contributed by atoms with Crippen LogP contribution >= 0.6 is 0 Å². The van der Waals surface area contributed by atoms with Crippen molar-refractivity contribution in [3.8, 4) is 11.8 Å². The molecule has 14 heteroatoms. The smallest absolute Gasteiger partial charge is 0.246 e. The Kier molecular flexibility index (Phi) is 22.3. The highest BCUT2D eigenvalue weighted by molar-refractivity contribution is 5.93. The molecule has 3 aliphatic rings. The first-order chi connectivity index (χ1) is 27.5. The number of benzene rings is 1. The van der Waals surface area contributed by atoms with E-state index in [1.807, 2.05) is 37.3 Å². The molecule has 1 aliphatic carbocycles. The van der Waals surface area contributed by atoms with E-state index in [0.29, 0.717) is 45.4 Å². The number of likely N-dealkylation sites (N-methyl/N-ethyl adjacent to an activating group) is 2. The van der Waals surface area contributed by atoms with E-state index >= 15 is 0 Å². The van der Waals surface area contributed by atoms with Crippen molar-refractivity contribution in [1.29, 1.82) is 0 Å². The number of likely N-dealkylation sites (tertiary alicyclic amines) is 2. The minimum Gasteiger partial charge on any atom is -0.351 e. The highest BCUT2D eigenvalue weighted by atomic mass is 16.2. The molecule has 0 bridgehead atoms. The van der Waals surface area contributed by atoms with Gasteiger partial charge in [-0.2, -0.15) is 0 Å². The molecule has 0 aromatic heterocycles. The first-order valence-corrected chi connectivity index (χ1v) is 19.9. The zero-order chi connectivity index (χ0) is 42.2. The molecule has 312 valence electrons. The molecule has 0 radical (unpaired) electrons. The Bertz CT molecular complexity index is 1590. The predicted octanol–water partition coefficient (Wildman–Crippen LogP) is 2.08. The minimum absolute atomic E-state index is 0.0329. The van der Waals surface area contributed by atoms with E-state index in [4.69, 9.17) is 0 Å². The van der Waals surface area contributed by atoms with Crippen molar-refractivity contribution in [3.05, 3.63) is 72.9 Å². The lowest BCUT2D eigenvalue weighted by Gasteiger charge is -2.28. The van der Waals surface area contributed by atoms with Crippen LogP contribution in [0, 0.1) is 11.8 Å². The van der Waals surface area contributed by atoms with Crippen molar-refractivity contribution < 1.29 is 28.8 Å². The maximum atomic E-state index is 13.5. The van der Waals surface area contributed by atoms with Crippen LogP contribution in [0.1, 0.15) is 77.7 Å². The number of amides is 6. The standard InChI is InChI=1S/C28H42N6O4.C13H18N2O2.C2H4/c1-19(32-25(35)20(2)29-4)12-9-10-15-23(33-26(36)21(3)30-5)28(38)34-17-11-16-24(34)27(37)31-18-22-13-7-6-8-14-22;16-10-15-8-4-7-12(15)13(17)14-9-11-5-2-1-3-6-11;1-2/h6-8,13-14,19-21,23-24,29-30H,11-12,15-18H2,1-5H3,(H,31,37)(H,32,35)(H,33,36);2,5-6,10,12H,1,3-4,7-9H2,(H,14,17);1-2H2. The Morgan fingerprint density at radius 1 is 0.807 bits per heavy atom. The largest absolute Gasteiger partial charge is 0.351 e. The van der Waals surface area contributed by atoms with E-state index in [9.17, 15) is 28.8 Å². The summed E-state index contributed by atoms with van der Waals surface area (Å²) in [6.07, 6.45) is 12.7. The van der Waals surface area contributed by atoms with Crippen LogP contribution in [-0.2, 0) is 35.3 Å². The van der Waals surface area contributed by atoms with Crippen LogP contribution in [0.3, 0.4) is 0 Å². The SMILES string of the molecule is C=C.CNC(C)C(=O)NC(C)CC#CCC(NC(=O)C(C)NC)C(=O)N1CCCC1C(=O)NCc1ccccc1.O=CN1CCCC1C(=O)NCC1=CCCC=C1. The second-order valence-corrected chi connectivity index (χ2v) is 14.1. The second kappa shape index (κ2) is 26.6. The molecule has 2 heterocycles. The van der Waals surface area contributed by atoms with Crippen LogP contribution in [-0.4, -0.2) is 116 Å². The average Bonchev–Trinajstić information content (AvgIpc) is 3.95. The molecule has 0 spiro atoms. The average molecular weight is 789 g/mol. The Hall–Kier alpha value is -5.26. The molecule has 6 atom stereocenters. The highest BCUT2D eigenvalue weighted by Gasteiger charge is 2.37. The third-order valence-corrected chi connectivity index (χ3v) is 9.91. The minimum atomic E-state index is -0.887. The van der Waals surface area contributed by atoms with Gasteiger partial charge in [-0.25, -0.2) is 0 Å². The summed E-state index contributed by atoms with van der Waals surface area (Å²) >= 11 is 0. The van der Waals surface area contributed by atoms with Gasteiger partial charge in [0, 0.05) is 45.1 Å². The molecule has 1 aromatic rings. The molecule has 4 rings (SSSR count). The van der Waals surface area contributed by atoms with Crippen molar-refractivity contribution in [1.82, 2.24) is 41.7 Å². The zero-order valence-electron chi connectivity index (χ0n) is 34.4. The lowest BCUT2D eigenvalue weighted by atomic mass is 10.1. The summed E-state index contributed by atoms with van der Waals surface area (Å²) in [7, 11) is 3.38. The Balaban J connectivity index is 0.000000487. The lowest BCUT2D eigenvalue weighted by molar-refractivity contribution is -0.141. The molecule has 14 nitrogen and oxygen atoms in total. The Morgan fingerprint density at radius 3 is 2.04 bits per heavy atom. The van der Waals surface area contributed by atoms with Gasteiger partial charge in [-0.05, 0) is 84.5 Å². The van der Waals surface area contributed by atoms with E-state index < -0.39 is 18.1 Å². The van der Waals surface area contributed by atoms with Crippen molar-refractivity contribution >= 4 is 35.9 Å². The molecule has 0 saturated carbocycles. The maximum absolute atomic E-state index is 13.5. The fourth-order valence-corrected chi connectivity index (χ4v) is 6.29. The van der Waals surface area contributed by atoms with Crippen LogP contribution in [0.15, 0.2) is 67.3 Å². The molecular weight excluding hydrogens is 725 g/mol. The number of rotatable bonds is 16. The van der Waals surface area contributed by atoms with Gasteiger partial charge in [0.05, 0.1) is 12.1 Å². The Morgan fingerprint density at radius 2 is 1.40 bits per heavy atom. The van der Waals surface area contributed by atoms with Crippen molar-refractivity contribution in [3.63, 3.8) is 0 Å². The van der Waals surface area contributed by atoms with Gasteiger partial charge in [-0.15, -0.1) is 25.0 Å². The number of allylic oxidation sites excluding steroid dienone is 2. The summed E-state index contributed by atoms with van der Waals surface area (Å²) in [5.41, 5.74) is 2.13. The summed E-state index contributed by atoms with van der Waals surface area (Å²) in [6.45, 7) is 13.4. The molecule has 57 heavy (non-hydrogen) atoms. The number of hydrogen-bond acceptors (Lipinski definition) is 8. The van der Waals surface area contributed by atoms with E-state index in [1.54, 1.807) is 37.7 Å². The number of nitrogens with zero attached hydrogens (tertiary/aromatic N) is 2. The molecule has 6 N–H and O–H groups in total. The van der Waals surface area contributed by atoms with E-state index in [-0.39, 0.29) is 54.1 Å². The number of carbonyl (C=O) groups is 6. The second-order valence-electron chi connectivity index (χ2n) is 14.1. The van der Waals surface area contributed by atoms with Gasteiger partial charge in [0.25, 0.3) is 0 Å². The molecule has 1 aromatic carbocycles.